The van der Waals surface area contributed by atoms with Crippen molar-refractivity contribution in [1.82, 2.24) is 5.32 Å². The van der Waals surface area contributed by atoms with Crippen LogP contribution in [0, 0.1) is 0 Å². The van der Waals surface area contributed by atoms with Crippen molar-refractivity contribution in [3.8, 4) is 0 Å². The van der Waals surface area contributed by atoms with Crippen molar-refractivity contribution >= 4 is 11.7 Å². The van der Waals surface area contributed by atoms with Crippen LogP contribution in [0.25, 0.3) is 0 Å². The minimum atomic E-state index is -0.763. The van der Waals surface area contributed by atoms with Crippen molar-refractivity contribution in [2.24, 2.45) is 10.9 Å². The average molecular weight is 271 g/mol. The number of oxime groups is 1. The van der Waals surface area contributed by atoms with Crippen LogP contribution in [-0.2, 0) is 9.53 Å². The zero-order chi connectivity index (χ0) is 14.3. The molecule has 6 heteroatoms. The molecule has 0 aromatic heterocycles. The molecule has 1 unspecified atom stereocenters. The van der Waals surface area contributed by atoms with Gasteiger partial charge in [0.2, 0.25) is 5.91 Å². The van der Waals surface area contributed by atoms with E-state index in [1.807, 2.05) is 13.8 Å². The third-order valence-electron chi connectivity index (χ3n) is 3.87. The van der Waals surface area contributed by atoms with Crippen molar-refractivity contribution < 1.29 is 14.7 Å². The molecule has 0 spiro atoms. The fourth-order valence-electron chi connectivity index (χ4n) is 2.44. The summed E-state index contributed by atoms with van der Waals surface area (Å²) in [6, 6.07) is 0. The summed E-state index contributed by atoms with van der Waals surface area (Å²) in [6.45, 7) is 4.53. The van der Waals surface area contributed by atoms with Crippen LogP contribution < -0.4 is 11.1 Å². The molecular weight excluding hydrogens is 246 g/mol. The van der Waals surface area contributed by atoms with Gasteiger partial charge in [-0.2, -0.15) is 0 Å². The minimum Gasteiger partial charge on any atom is -0.409 e. The number of amidine groups is 1. The van der Waals surface area contributed by atoms with Gasteiger partial charge in [0.05, 0.1) is 12.5 Å². The number of nitrogens with zero attached hydrogens (tertiary/aromatic N) is 1. The summed E-state index contributed by atoms with van der Waals surface area (Å²) in [7, 11) is 0. The highest BCUT2D eigenvalue weighted by molar-refractivity contribution is 5.93. The third-order valence-corrected chi connectivity index (χ3v) is 3.87. The maximum Gasteiger partial charge on any atom is 0.223 e. The maximum atomic E-state index is 12.1. The van der Waals surface area contributed by atoms with Gasteiger partial charge in [-0.15, -0.1) is 0 Å². The Morgan fingerprint density at radius 3 is 2.63 bits per heavy atom. The lowest BCUT2D eigenvalue weighted by Gasteiger charge is -2.32. The van der Waals surface area contributed by atoms with Gasteiger partial charge in [0.25, 0.3) is 0 Å². The largest absolute Gasteiger partial charge is 0.409 e. The summed E-state index contributed by atoms with van der Waals surface area (Å²) in [6.07, 6.45) is 4.57. The maximum absolute atomic E-state index is 12.1. The summed E-state index contributed by atoms with van der Waals surface area (Å²) in [5.74, 6) is -0.0578. The molecule has 1 amide bonds. The molecule has 0 saturated carbocycles. The predicted molar refractivity (Wildman–Crippen MR) is 73.1 cm³/mol. The van der Waals surface area contributed by atoms with E-state index in [1.54, 1.807) is 0 Å². The van der Waals surface area contributed by atoms with E-state index in [0.29, 0.717) is 19.3 Å². The molecule has 1 rings (SSSR count). The molecule has 1 aliphatic rings. The quantitative estimate of drug-likeness (QED) is 0.294. The Hall–Kier alpha value is -1.30. The van der Waals surface area contributed by atoms with Crippen LogP contribution in [0.4, 0.5) is 0 Å². The minimum absolute atomic E-state index is 0.00699. The van der Waals surface area contributed by atoms with Crippen molar-refractivity contribution in [2.75, 3.05) is 6.61 Å². The average Bonchev–Trinajstić information content (AvgIpc) is 2.45. The Morgan fingerprint density at radius 2 is 2.16 bits per heavy atom. The Labute approximate surface area is 114 Å². The van der Waals surface area contributed by atoms with Crippen LogP contribution in [0.2, 0.25) is 0 Å². The zero-order valence-electron chi connectivity index (χ0n) is 11.8. The van der Waals surface area contributed by atoms with E-state index < -0.39 is 5.54 Å². The van der Waals surface area contributed by atoms with Gasteiger partial charge in [0.15, 0.2) is 5.84 Å². The Kier molecular flexibility index (Phi) is 6.08. The predicted octanol–water partition coefficient (Wildman–Crippen LogP) is 1.37. The Balaban J connectivity index is 2.60. The van der Waals surface area contributed by atoms with E-state index in [-0.39, 0.29) is 17.8 Å². The number of nitrogens with two attached hydrogens (primary N) is 1. The number of ether oxygens (including phenoxy) is 1. The van der Waals surface area contributed by atoms with E-state index in [9.17, 15) is 4.79 Å². The fourth-order valence-corrected chi connectivity index (χ4v) is 2.44. The van der Waals surface area contributed by atoms with Crippen LogP contribution in [0.3, 0.4) is 0 Å². The SMILES string of the molecule is CCC(CC)(NC(=O)CC1CCCCO1)C(N)=NO. The van der Waals surface area contributed by atoms with Crippen LogP contribution in [0.15, 0.2) is 5.16 Å². The third kappa shape index (κ3) is 4.09. The lowest BCUT2D eigenvalue weighted by molar-refractivity contribution is -0.126. The standard InChI is InChI=1S/C13H25N3O3/c1-3-13(4-2,12(14)16-18)15-11(17)9-10-7-5-6-8-19-10/h10,18H,3-9H2,1-2H3,(H2,14,16)(H,15,17). The molecule has 1 atom stereocenters. The first-order valence-corrected chi connectivity index (χ1v) is 6.98. The number of carbonyl (C=O) groups excluding carboxylic acids is 1. The summed E-state index contributed by atoms with van der Waals surface area (Å²) < 4.78 is 5.55. The lowest BCUT2D eigenvalue weighted by Crippen LogP contribution is -2.57. The molecule has 0 bridgehead atoms. The Bertz CT molecular complexity index is 321. The van der Waals surface area contributed by atoms with Gasteiger partial charge in [-0.3, -0.25) is 4.79 Å². The molecule has 1 fully saturated rings. The van der Waals surface area contributed by atoms with E-state index >= 15 is 0 Å². The highest BCUT2D eigenvalue weighted by Crippen LogP contribution is 2.19. The second-order valence-electron chi connectivity index (χ2n) is 5.02. The Morgan fingerprint density at radius 1 is 1.47 bits per heavy atom. The summed E-state index contributed by atoms with van der Waals surface area (Å²) >= 11 is 0. The van der Waals surface area contributed by atoms with Crippen LogP contribution in [0.5, 0.6) is 0 Å². The molecule has 1 heterocycles. The van der Waals surface area contributed by atoms with E-state index in [1.165, 1.54) is 0 Å². The van der Waals surface area contributed by atoms with Gasteiger partial charge >= 0.3 is 0 Å². The van der Waals surface area contributed by atoms with Gasteiger partial charge in [0.1, 0.15) is 5.54 Å². The molecule has 4 N–H and O–H groups in total. The fraction of sp³-hybridized carbons (Fsp3) is 0.846. The molecule has 1 aliphatic heterocycles. The number of nitrogens with one attached hydrogen (secondary N) is 1. The van der Waals surface area contributed by atoms with Gasteiger partial charge in [-0.25, -0.2) is 0 Å². The summed E-state index contributed by atoms with van der Waals surface area (Å²) in [5, 5.41) is 14.8. The number of amides is 1. The first-order valence-electron chi connectivity index (χ1n) is 6.98. The van der Waals surface area contributed by atoms with Crippen molar-refractivity contribution in [3.63, 3.8) is 0 Å². The van der Waals surface area contributed by atoms with Crippen LogP contribution in [-0.4, -0.2) is 35.2 Å². The normalized spacial score (nSPS) is 21.2. The highest BCUT2D eigenvalue weighted by atomic mass is 16.5. The number of carbonyl (C=O) groups is 1. The molecule has 0 radical (unpaired) electrons. The van der Waals surface area contributed by atoms with Gasteiger partial charge < -0.3 is 21.0 Å². The van der Waals surface area contributed by atoms with Crippen molar-refractivity contribution in [1.29, 1.82) is 0 Å². The number of rotatable bonds is 6. The van der Waals surface area contributed by atoms with Gasteiger partial charge in [0, 0.05) is 6.61 Å². The van der Waals surface area contributed by atoms with Crippen molar-refractivity contribution in [3.05, 3.63) is 0 Å². The molecule has 0 aromatic carbocycles. The molecule has 6 nitrogen and oxygen atoms in total. The van der Waals surface area contributed by atoms with E-state index in [2.05, 4.69) is 10.5 Å². The molecule has 110 valence electrons. The molecular formula is C13H25N3O3. The molecule has 0 aromatic rings. The second kappa shape index (κ2) is 7.33. The highest BCUT2D eigenvalue weighted by Gasteiger charge is 2.33. The van der Waals surface area contributed by atoms with E-state index in [0.717, 1.165) is 25.9 Å². The first kappa shape index (κ1) is 15.8. The molecule has 0 aliphatic carbocycles. The number of hydrogen-bond acceptors (Lipinski definition) is 4. The second-order valence-corrected chi connectivity index (χ2v) is 5.02. The zero-order valence-corrected chi connectivity index (χ0v) is 11.8. The monoisotopic (exact) mass is 271 g/mol. The summed E-state index contributed by atoms with van der Waals surface area (Å²) in [4.78, 5) is 12.1. The summed E-state index contributed by atoms with van der Waals surface area (Å²) in [5.41, 5.74) is 4.95. The molecule has 19 heavy (non-hydrogen) atoms. The van der Waals surface area contributed by atoms with E-state index in [4.69, 9.17) is 15.7 Å². The topological polar surface area (TPSA) is 96.9 Å². The van der Waals surface area contributed by atoms with Crippen molar-refractivity contribution in [2.45, 2.75) is 64.0 Å². The van der Waals surface area contributed by atoms with Gasteiger partial charge in [-0.1, -0.05) is 19.0 Å². The molecule has 1 saturated heterocycles. The first-order chi connectivity index (χ1) is 9.07. The lowest BCUT2D eigenvalue weighted by atomic mass is 9.91. The van der Waals surface area contributed by atoms with Gasteiger partial charge in [-0.05, 0) is 32.1 Å². The van der Waals surface area contributed by atoms with Crippen LogP contribution in [0.1, 0.15) is 52.4 Å². The number of hydrogen-bond donors (Lipinski definition) is 3. The van der Waals surface area contributed by atoms with Crippen LogP contribution >= 0.6 is 0 Å². The smallest absolute Gasteiger partial charge is 0.223 e.